The number of hydrogen-bond donors (Lipinski definition) is 0. The van der Waals surface area contributed by atoms with Gasteiger partial charge < -0.3 is 0 Å². The molecule has 0 saturated carbocycles. The Bertz CT molecular complexity index is 1200. The molecule has 0 N–H and O–H groups in total. The third-order valence-electron chi connectivity index (χ3n) is 4.77. The normalized spacial score (nSPS) is 11.2. The van der Waals surface area contributed by atoms with Crippen LogP contribution in [0.4, 0.5) is 5.69 Å². The first-order chi connectivity index (χ1) is 12.0. The van der Waals surface area contributed by atoms with E-state index in [-0.39, 0.29) is 0 Å². The van der Waals surface area contributed by atoms with E-state index in [2.05, 4.69) is 47.3 Å². The molecule has 0 saturated heterocycles. The van der Waals surface area contributed by atoms with E-state index in [4.69, 9.17) is 6.57 Å². The summed E-state index contributed by atoms with van der Waals surface area (Å²) in [5, 5.41) is 1.07. The van der Waals surface area contributed by atoms with E-state index in [9.17, 15) is 0 Å². The monoisotopic (exact) mass is 344 g/mol. The summed E-state index contributed by atoms with van der Waals surface area (Å²) in [5.74, 6) is 0. The number of hydrogen-bond acceptors (Lipinski definition) is 2. The number of thiophene rings is 1. The molecule has 0 unspecified atom stereocenters. The summed E-state index contributed by atoms with van der Waals surface area (Å²) >= 11 is 1.75. The fourth-order valence-electron chi connectivity index (χ4n) is 3.39. The molecule has 25 heavy (non-hydrogen) atoms. The van der Waals surface area contributed by atoms with E-state index >= 15 is 0 Å². The Kier molecular flexibility index (Phi) is 3.55. The van der Waals surface area contributed by atoms with Crippen molar-refractivity contribution >= 4 is 37.3 Å². The summed E-state index contributed by atoms with van der Waals surface area (Å²) in [4.78, 5) is 8.24. The van der Waals surface area contributed by atoms with Crippen molar-refractivity contribution in [2.24, 2.45) is 7.05 Å². The molecule has 0 fully saturated rings. The predicted octanol–water partition coefficient (Wildman–Crippen LogP) is 5.42. The molecule has 122 valence electrons. The maximum atomic E-state index is 7.27. The Morgan fingerprint density at radius 1 is 1.12 bits per heavy atom. The lowest BCUT2D eigenvalue weighted by Gasteiger charge is -2.11. The first-order valence-electron chi connectivity index (χ1n) is 8.16. The molecule has 0 bridgehead atoms. The average Bonchev–Trinajstić information content (AvgIpc) is 2.95. The van der Waals surface area contributed by atoms with E-state index < -0.39 is 0 Å². The Labute approximate surface area is 151 Å². The minimum Gasteiger partial charge on any atom is -0.238 e. The van der Waals surface area contributed by atoms with Gasteiger partial charge in [-0.15, -0.1) is 11.3 Å². The third kappa shape index (κ3) is 2.40. The molecule has 0 aliphatic heterocycles. The largest absolute Gasteiger partial charge is 0.287 e. The summed E-state index contributed by atoms with van der Waals surface area (Å²) in [6, 6.07) is 10.3. The molecular weight excluding hydrogens is 326 g/mol. The number of benzene rings is 2. The lowest BCUT2D eigenvalue weighted by atomic mass is 9.97. The summed E-state index contributed by atoms with van der Waals surface area (Å²) in [5.41, 5.74) is 7.96. The molecule has 2 heterocycles. The first-order valence-corrected chi connectivity index (χ1v) is 8.98. The standard InChI is InChI=1S/C21H18N3S/c1-12-8-13(2)14(3)16(9-12)20-21-19(23-11-24(20)5)17-10-15(22-4)6-7-18(17)25-21/h6-11H,1-3,5H3/q+1. The van der Waals surface area contributed by atoms with Crippen molar-refractivity contribution in [3.8, 4) is 11.3 Å². The van der Waals surface area contributed by atoms with Gasteiger partial charge in [0.1, 0.15) is 4.70 Å². The van der Waals surface area contributed by atoms with Crippen LogP contribution in [-0.4, -0.2) is 4.98 Å². The second kappa shape index (κ2) is 5.65. The van der Waals surface area contributed by atoms with Crippen molar-refractivity contribution in [3.05, 3.63) is 64.8 Å². The van der Waals surface area contributed by atoms with Crippen LogP contribution in [0, 0.1) is 27.3 Å². The fourth-order valence-corrected chi connectivity index (χ4v) is 4.62. The molecule has 0 atom stereocenters. The highest BCUT2D eigenvalue weighted by atomic mass is 32.1. The Morgan fingerprint density at radius 3 is 2.68 bits per heavy atom. The first kappa shape index (κ1) is 15.7. The van der Waals surface area contributed by atoms with Crippen LogP contribution >= 0.6 is 11.3 Å². The molecule has 2 aromatic carbocycles. The van der Waals surface area contributed by atoms with Crippen molar-refractivity contribution < 1.29 is 4.57 Å². The van der Waals surface area contributed by atoms with E-state index in [0.717, 1.165) is 10.9 Å². The van der Waals surface area contributed by atoms with Gasteiger partial charge in [0.05, 0.1) is 13.6 Å². The smallest absolute Gasteiger partial charge is 0.238 e. The van der Waals surface area contributed by atoms with Gasteiger partial charge in [0.15, 0.2) is 11.4 Å². The fraction of sp³-hybridized carbons (Fsp3) is 0.190. The highest BCUT2D eigenvalue weighted by Crippen LogP contribution is 2.39. The zero-order valence-corrected chi connectivity index (χ0v) is 15.5. The van der Waals surface area contributed by atoms with Gasteiger partial charge in [-0.25, -0.2) is 9.41 Å². The van der Waals surface area contributed by atoms with Crippen molar-refractivity contribution in [1.82, 2.24) is 4.98 Å². The van der Waals surface area contributed by atoms with E-state index in [1.807, 2.05) is 31.6 Å². The quantitative estimate of drug-likeness (QED) is 0.334. The van der Waals surface area contributed by atoms with Crippen LogP contribution in [0.25, 0.3) is 36.4 Å². The van der Waals surface area contributed by atoms with Gasteiger partial charge in [0, 0.05) is 15.6 Å². The third-order valence-corrected chi connectivity index (χ3v) is 5.94. The van der Waals surface area contributed by atoms with Gasteiger partial charge in [0.2, 0.25) is 5.52 Å². The molecule has 0 amide bonds. The van der Waals surface area contributed by atoms with Crippen LogP contribution in [0.15, 0.2) is 36.7 Å². The Balaban J connectivity index is 2.15. The van der Waals surface area contributed by atoms with Gasteiger partial charge >= 0.3 is 0 Å². The molecule has 0 spiro atoms. The number of aromatic nitrogens is 2. The maximum absolute atomic E-state index is 7.27. The van der Waals surface area contributed by atoms with Gasteiger partial charge in [-0.2, -0.15) is 0 Å². The predicted molar refractivity (Wildman–Crippen MR) is 104 cm³/mol. The van der Waals surface area contributed by atoms with Crippen molar-refractivity contribution in [2.45, 2.75) is 20.8 Å². The number of aryl methyl sites for hydroxylation is 3. The number of rotatable bonds is 1. The molecule has 2 aromatic heterocycles. The molecule has 4 rings (SSSR count). The SMILES string of the molecule is [C-]#[N+]c1ccc2sc3c(-c4cc(C)cc(C)c4C)[n+](C)cnc3c2c1. The molecule has 0 radical (unpaired) electrons. The van der Waals surface area contributed by atoms with Crippen LogP contribution in [0.5, 0.6) is 0 Å². The molecule has 4 aromatic rings. The van der Waals surface area contributed by atoms with Gasteiger partial charge in [-0.3, -0.25) is 0 Å². The van der Waals surface area contributed by atoms with Crippen LogP contribution < -0.4 is 4.57 Å². The Morgan fingerprint density at radius 2 is 1.92 bits per heavy atom. The number of nitrogens with zero attached hydrogens (tertiary/aromatic N) is 3. The highest BCUT2D eigenvalue weighted by Gasteiger charge is 2.22. The van der Waals surface area contributed by atoms with Gasteiger partial charge in [0.25, 0.3) is 6.33 Å². The molecule has 0 aliphatic rings. The van der Waals surface area contributed by atoms with Crippen molar-refractivity contribution in [3.63, 3.8) is 0 Å². The second-order valence-corrected chi connectivity index (χ2v) is 7.58. The number of fused-ring (bicyclic) bond motifs is 3. The zero-order chi connectivity index (χ0) is 17.7. The van der Waals surface area contributed by atoms with Gasteiger partial charge in [-0.05, 0) is 49.0 Å². The van der Waals surface area contributed by atoms with E-state index in [1.165, 1.54) is 37.3 Å². The van der Waals surface area contributed by atoms with E-state index in [0.29, 0.717) is 5.69 Å². The van der Waals surface area contributed by atoms with Crippen LogP contribution in [0.3, 0.4) is 0 Å². The minimum atomic E-state index is 0.659. The Hall–Kier alpha value is -2.77. The summed E-state index contributed by atoms with van der Waals surface area (Å²) in [6.45, 7) is 13.8. The van der Waals surface area contributed by atoms with Crippen LogP contribution in [-0.2, 0) is 7.05 Å². The second-order valence-electron chi connectivity index (χ2n) is 6.53. The molecule has 3 nitrogen and oxygen atoms in total. The summed E-state index contributed by atoms with van der Waals surface area (Å²) < 4.78 is 4.45. The molecule has 4 heteroatoms. The summed E-state index contributed by atoms with van der Waals surface area (Å²) in [7, 11) is 2.05. The lowest BCUT2D eigenvalue weighted by Crippen LogP contribution is -2.31. The lowest BCUT2D eigenvalue weighted by molar-refractivity contribution is -0.662. The average molecular weight is 344 g/mol. The molecule has 0 aliphatic carbocycles. The van der Waals surface area contributed by atoms with Crippen LogP contribution in [0.2, 0.25) is 0 Å². The summed E-state index contributed by atoms with van der Waals surface area (Å²) in [6.07, 6.45) is 1.88. The van der Waals surface area contributed by atoms with Crippen molar-refractivity contribution in [2.75, 3.05) is 0 Å². The highest BCUT2D eigenvalue weighted by molar-refractivity contribution is 7.26. The van der Waals surface area contributed by atoms with Gasteiger partial charge in [-0.1, -0.05) is 23.8 Å². The van der Waals surface area contributed by atoms with Crippen molar-refractivity contribution in [1.29, 1.82) is 0 Å². The van der Waals surface area contributed by atoms with E-state index in [1.54, 1.807) is 11.3 Å². The maximum Gasteiger partial charge on any atom is 0.287 e. The minimum absolute atomic E-state index is 0.659. The zero-order valence-electron chi connectivity index (χ0n) is 14.7. The molecular formula is C21H18N3S+. The topological polar surface area (TPSA) is 21.1 Å². The van der Waals surface area contributed by atoms with Crippen LogP contribution in [0.1, 0.15) is 16.7 Å².